The van der Waals surface area contributed by atoms with Gasteiger partial charge in [-0.3, -0.25) is 5.21 Å². The molecule has 0 heterocycles. The van der Waals surface area contributed by atoms with Gasteiger partial charge in [0.1, 0.15) is 5.60 Å². The fourth-order valence-corrected chi connectivity index (χ4v) is 5.96. The third-order valence-electron chi connectivity index (χ3n) is 5.22. The van der Waals surface area contributed by atoms with Gasteiger partial charge in [-0.15, -0.1) is 0 Å². The summed E-state index contributed by atoms with van der Waals surface area (Å²) in [7, 11) is -5.88. The lowest BCUT2D eigenvalue weighted by Gasteiger charge is -2.61. The molecular weight excluding hydrogens is 341 g/mol. The summed E-state index contributed by atoms with van der Waals surface area (Å²) in [5.74, 6) is -0.234. The van der Waals surface area contributed by atoms with Gasteiger partial charge in [-0.25, -0.2) is 13.2 Å². The maximum Gasteiger partial charge on any atom is 0.513 e. The van der Waals surface area contributed by atoms with Crippen molar-refractivity contribution in [1.29, 1.82) is 0 Å². The summed E-state index contributed by atoms with van der Waals surface area (Å²) < 4.78 is 66.2. The number of primary amides is 1. The lowest BCUT2D eigenvalue weighted by atomic mass is 9.51. The van der Waals surface area contributed by atoms with Gasteiger partial charge in [-0.1, -0.05) is 4.47 Å². The van der Waals surface area contributed by atoms with Crippen molar-refractivity contribution in [2.24, 2.45) is 17.6 Å². The Hall–Kier alpha value is -1.07. The minimum Gasteiger partial charge on any atom is -0.443 e. The molecule has 1 amide bonds. The number of nitrogens with zero attached hydrogens (tertiary/aromatic N) is 1. The third kappa shape index (κ3) is 2.49. The third-order valence-corrected chi connectivity index (χ3v) is 6.65. The molecule has 0 radical (unpaired) electrons. The topological polar surface area (TPSA) is 110 Å². The SMILES string of the molecule is NC(=O)OC12CC3CC(C1)CC(N(O)S(=O)(=O)C(F)(F)F)(C3)C2. The smallest absolute Gasteiger partial charge is 0.443 e. The number of nitrogens with two attached hydrogens (primary N) is 1. The van der Waals surface area contributed by atoms with Crippen LogP contribution in [-0.4, -0.2) is 40.8 Å². The van der Waals surface area contributed by atoms with Crippen molar-refractivity contribution in [2.75, 3.05) is 0 Å². The number of hydrogen-bond acceptors (Lipinski definition) is 5. The van der Waals surface area contributed by atoms with Crippen molar-refractivity contribution in [3.05, 3.63) is 0 Å². The Morgan fingerprint density at radius 2 is 1.74 bits per heavy atom. The molecule has 23 heavy (non-hydrogen) atoms. The first-order valence-corrected chi connectivity index (χ1v) is 8.62. The lowest BCUT2D eigenvalue weighted by molar-refractivity contribution is -0.220. The fraction of sp³-hybridized carbons (Fsp3) is 0.917. The minimum atomic E-state index is -5.88. The summed E-state index contributed by atoms with van der Waals surface area (Å²) in [6, 6.07) is 0. The molecule has 7 nitrogen and oxygen atoms in total. The summed E-state index contributed by atoms with van der Waals surface area (Å²) in [6.07, 6.45) is 0.554. The van der Waals surface area contributed by atoms with Crippen molar-refractivity contribution < 1.29 is 36.3 Å². The van der Waals surface area contributed by atoms with Gasteiger partial charge in [0, 0.05) is 6.42 Å². The van der Waals surface area contributed by atoms with Gasteiger partial charge in [0.2, 0.25) is 0 Å². The maximum absolute atomic E-state index is 12.8. The number of hydroxylamine groups is 1. The van der Waals surface area contributed by atoms with Crippen LogP contribution in [0.3, 0.4) is 0 Å². The predicted octanol–water partition coefficient (Wildman–Crippen LogP) is 1.71. The van der Waals surface area contributed by atoms with E-state index in [1.807, 2.05) is 0 Å². The quantitative estimate of drug-likeness (QED) is 0.747. The van der Waals surface area contributed by atoms with Crippen LogP contribution in [0.2, 0.25) is 0 Å². The van der Waals surface area contributed by atoms with Crippen LogP contribution >= 0.6 is 0 Å². The average Bonchev–Trinajstić information content (AvgIpc) is 2.32. The Balaban J connectivity index is 1.98. The highest BCUT2D eigenvalue weighted by molar-refractivity contribution is 7.89. The Bertz CT molecular complexity index is 621. The van der Waals surface area contributed by atoms with Crippen molar-refractivity contribution in [3.63, 3.8) is 0 Å². The zero-order valence-corrected chi connectivity index (χ0v) is 12.9. The van der Waals surface area contributed by atoms with Gasteiger partial charge < -0.3 is 10.5 Å². The van der Waals surface area contributed by atoms with E-state index in [1.54, 1.807) is 0 Å². The molecule has 4 aliphatic rings. The Labute approximate surface area is 130 Å². The van der Waals surface area contributed by atoms with E-state index in [-0.39, 0.29) is 31.1 Å². The van der Waals surface area contributed by atoms with E-state index in [1.165, 1.54) is 0 Å². The Morgan fingerprint density at radius 1 is 1.22 bits per heavy atom. The molecule has 4 bridgehead atoms. The molecule has 0 aromatic heterocycles. The van der Waals surface area contributed by atoms with Gasteiger partial charge in [-0.2, -0.15) is 13.2 Å². The highest BCUT2D eigenvalue weighted by Crippen LogP contribution is 2.61. The summed E-state index contributed by atoms with van der Waals surface area (Å²) in [5, 5.41) is 9.98. The molecule has 132 valence electrons. The average molecular weight is 358 g/mol. The van der Waals surface area contributed by atoms with Crippen molar-refractivity contribution in [1.82, 2.24) is 4.47 Å². The zero-order valence-electron chi connectivity index (χ0n) is 12.0. The molecule has 4 rings (SSSR count). The molecular formula is C12H17F3N2O5S. The molecule has 0 aromatic rings. The van der Waals surface area contributed by atoms with Crippen molar-refractivity contribution >= 4 is 16.1 Å². The number of ether oxygens (including phenoxy) is 1. The summed E-state index contributed by atoms with van der Waals surface area (Å²) in [5.41, 5.74) is -3.24. The van der Waals surface area contributed by atoms with E-state index in [9.17, 15) is 31.6 Å². The van der Waals surface area contributed by atoms with Crippen LogP contribution in [-0.2, 0) is 14.8 Å². The minimum absolute atomic E-state index is 0.110. The number of hydrogen-bond donors (Lipinski definition) is 2. The first kappa shape index (κ1) is 16.8. The van der Waals surface area contributed by atoms with Crippen molar-refractivity contribution in [2.45, 2.75) is 55.2 Å². The maximum atomic E-state index is 12.8. The monoisotopic (exact) mass is 358 g/mol. The molecule has 0 spiro atoms. The first-order chi connectivity index (χ1) is 10.4. The molecule has 0 aliphatic heterocycles. The number of sulfonamides is 1. The number of amides is 1. The molecule has 11 heteroatoms. The van der Waals surface area contributed by atoms with Crippen LogP contribution in [0.15, 0.2) is 0 Å². The van der Waals surface area contributed by atoms with E-state index in [0.717, 1.165) is 0 Å². The normalized spacial score (nSPS) is 39.7. The molecule has 0 aromatic carbocycles. The molecule has 4 saturated carbocycles. The highest BCUT2D eigenvalue weighted by Gasteiger charge is 2.66. The van der Waals surface area contributed by atoms with Crippen LogP contribution in [0.4, 0.5) is 18.0 Å². The molecule has 2 unspecified atom stereocenters. The number of rotatable bonds is 3. The van der Waals surface area contributed by atoms with Gasteiger partial charge in [0.25, 0.3) is 0 Å². The second-order valence-corrected chi connectivity index (χ2v) is 8.74. The van der Waals surface area contributed by atoms with Gasteiger partial charge in [0.15, 0.2) is 0 Å². The van der Waals surface area contributed by atoms with E-state index in [4.69, 9.17) is 10.5 Å². The summed E-state index contributed by atoms with van der Waals surface area (Å²) in [4.78, 5) is 11.1. The van der Waals surface area contributed by atoms with E-state index in [2.05, 4.69) is 0 Å². The number of carbonyl (C=O) groups is 1. The summed E-state index contributed by atoms with van der Waals surface area (Å²) in [6.45, 7) is 0. The second-order valence-electron chi connectivity index (χ2n) is 6.98. The van der Waals surface area contributed by atoms with Gasteiger partial charge >= 0.3 is 21.6 Å². The van der Waals surface area contributed by atoms with Crippen LogP contribution in [0, 0.1) is 11.8 Å². The van der Waals surface area contributed by atoms with E-state index >= 15 is 0 Å². The molecule has 4 aliphatic carbocycles. The predicted molar refractivity (Wildman–Crippen MR) is 69.4 cm³/mol. The number of alkyl halides is 3. The molecule has 4 fully saturated rings. The van der Waals surface area contributed by atoms with Crippen LogP contribution in [0.25, 0.3) is 0 Å². The van der Waals surface area contributed by atoms with E-state index < -0.39 is 37.2 Å². The standard InChI is InChI=1S/C12H17F3N2O5S/c13-12(14,15)23(20,21)17(19)10-2-7-1-8(3-10)5-11(4-7,6-10)22-9(16)18/h7-8,19H,1-6H2,(H2,16,18). The van der Waals surface area contributed by atoms with Gasteiger partial charge in [0.05, 0.1) is 5.54 Å². The van der Waals surface area contributed by atoms with Crippen LogP contribution in [0.1, 0.15) is 38.5 Å². The molecule has 3 N–H and O–H groups in total. The zero-order chi connectivity index (χ0) is 17.3. The number of halogens is 3. The van der Waals surface area contributed by atoms with Gasteiger partial charge in [-0.05, 0) is 43.9 Å². The highest BCUT2D eigenvalue weighted by atomic mass is 32.2. The Morgan fingerprint density at radius 3 is 2.17 bits per heavy atom. The summed E-state index contributed by atoms with van der Waals surface area (Å²) >= 11 is 0. The largest absolute Gasteiger partial charge is 0.513 e. The van der Waals surface area contributed by atoms with Crippen LogP contribution in [0.5, 0.6) is 0 Å². The molecule has 0 saturated heterocycles. The fourth-order valence-electron chi connectivity index (χ4n) is 5.04. The molecule has 2 atom stereocenters. The second kappa shape index (κ2) is 4.73. The van der Waals surface area contributed by atoms with Crippen molar-refractivity contribution in [3.8, 4) is 0 Å². The lowest BCUT2D eigenvalue weighted by Crippen LogP contribution is -2.67. The Kier molecular flexibility index (Phi) is 3.45. The van der Waals surface area contributed by atoms with E-state index in [0.29, 0.717) is 19.3 Å². The number of carbonyl (C=O) groups excluding carboxylic acids is 1. The van der Waals surface area contributed by atoms with Crippen LogP contribution < -0.4 is 5.73 Å². The first-order valence-electron chi connectivity index (χ1n) is 7.18.